The van der Waals surface area contributed by atoms with Gasteiger partial charge in [-0.05, 0) is 37.3 Å². The van der Waals surface area contributed by atoms with Gasteiger partial charge < -0.3 is 19.0 Å². The highest BCUT2D eigenvalue weighted by molar-refractivity contribution is 7.98. The summed E-state index contributed by atoms with van der Waals surface area (Å²) in [4.78, 5) is 31.5. The number of nitrogens with zero attached hydrogens (tertiary/aromatic N) is 2. The van der Waals surface area contributed by atoms with E-state index in [9.17, 15) is 9.59 Å². The molecule has 3 aromatic rings. The van der Waals surface area contributed by atoms with Gasteiger partial charge in [-0.2, -0.15) is 0 Å². The first kappa shape index (κ1) is 19.6. The van der Waals surface area contributed by atoms with E-state index in [0.717, 1.165) is 5.56 Å². The number of thioether (sulfide) groups is 1. The molecule has 1 N–H and O–H groups in total. The zero-order valence-corrected chi connectivity index (χ0v) is 17.3. The summed E-state index contributed by atoms with van der Waals surface area (Å²) in [6.45, 7) is 2.61. The number of hydrogen-bond acceptors (Lipinski definition) is 8. The lowest BCUT2D eigenvalue weighted by molar-refractivity contribution is 0.0600. The molecule has 0 aliphatic carbocycles. The predicted octanol–water partition coefficient (Wildman–Crippen LogP) is 3.62. The number of nitrogens with one attached hydrogen (secondary N) is 1. The largest absolute Gasteiger partial charge is 0.496 e. The lowest BCUT2D eigenvalue weighted by Gasteiger charge is -2.10. The average molecular weight is 424 g/mol. The number of aryl methyl sites for hydroxylation is 1. The Morgan fingerprint density at radius 2 is 2.19 bits per heavy atom. The molecule has 27 heavy (non-hydrogen) atoms. The van der Waals surface area contributed by atoms with Crippen molar-refractivity contribution in [1.29, 1.82) is 0 Å². The fraction of sp³-hybridized carbons (Fsp3) is 0.294. The monoisotopic (exact) mass is 423 g/mol. The average Bonchev–Trinajstić information content (AvgIpc) is 3.01. The van der Waals surface area contributed by atoms with Crippen molar-refractivity contribution in [2.45, 2.75) is 24.4 Å². The standard InChI is InChI=1S/C17H17N3O4S3/c1-4-20-13-12(27-17(20)25)14(21)19-16(18-13)26-8-10-7-9(15(22)24-3)5-6-11(10)23-2/h5-7H,4,8H2,1-3H3,(H,18,19,21). The molecule has 0 spiro atoms. The topological polar surface area (TPSA) is 86.2 Å². The second kappa shape index (κ2) is 8.24. The number of aromatic nitrogens is 3. The number of carbonyl (C=O) groups is 1. The summed E-state index contributed by atoms with van der Waals surface area (Å²) >= 11 is 7.91. The van der Waals surface area contributed by atoms with Gasteiger partial charge in [0.15, 0.2) is 14.8 Å². The Morgan fingerprint density at radius 1 is 1.41 bits per heavy atom. The summed E-state index contributed by atoms with van der Waals surface area (Å²) in [6, 6.07) is 5.08. The highest BCUT2D eigenvalue weighted by Crippen LogP contribution is 2.28. The summed E-state index contributed by atoms with van der Waals surface area (Å²) in [5.41, 5.74) is 1.61. The van der Waals surface area contributed by atoms with Gasteiger partial charge in [0, 0.05) is 17.9 Å². The van der Waals surface area contributed by atoms with E-state index in [1.54, 1.807) is 25.3 Å². The molecule has 2 aromatic heterocycles. The molecule has 1 aromatic carbocycles. The minimum absolute atomic E-state index is 0.207. The third-order valence-corrected chi connectivity index (χ3v) is 6.24. The third kappa shape index (κ3) is 3.92. The molecular weight excluding hydrogens is 406 g/mol. The fourth-order valence-electron chi connectivity index (χ4n) is 2.56. The van der Waals surface area contributed by atoms with Gasteiger partial charge in [0.1, 0.15) is 10.4 Å². The van der Waals surface area contributed by atoms with Crippen LogP contribution in [0.4, 0.5) is 0 Å². The number of thiazole rings is 1. The molecule has 0 bridgehead atoms. The van der Waals surface area contributed by atoms with Crippen molar-refractivity contribution in [3.05, 3.63) is 43.6 Å². The van der Waals surface area contributed by atoms with Crippen molar-refractivity contribution in [1.82, 2.24) is 14.5 Å². The number of H-pyrrole nitrogens is 1. The molecule has 142 valence electrons. The van der Waals surface area contributed by atoms with E-state index in [1.807, 2.05) is 11.5 Å². The van der Waals surface area contributed by atoms with Gasteiger partial charge in [-0.15, -0.1) is 0 Å². The number of rotatable bonds is 6. The second-order valence-electron chi connectivity index (χ2n) is 5.44. The van der Waals surface area contributed by atoms with Gasteiger partial charge in [-0.25, -0.2) is 9.78 Å². The quantitative estimate of drug-likeness (QED) is 0.280. The molecule has 0 radical (unpaired) electrons. The van der Waals surface area contributed by atoms with Crippen LogP contribution >= 0.6 is 35.3 Å². The maximum absolute atomic E-state index is 12.4. The summed E-state index contributed by atoms with van der Waals surface area (Å²) < 4.78 is 13.1. The number of aromatic amines is 1. The lowest BCUT2D eigenvalue weighted by Crippen LogP contribution is -2.09. The van der Waals surface area contributed by atoms with E-state index in [-0.39, 0.29) is 5.56 Å². The molecule has 0 saturated carbocycles. The van der Waals surface area contributed by atoms with Crippen LogP contribution in [0.3, 0.4) is 0 Å². The fourth-order valence-corrected chi connectivity index (χ4v) is 4.75. The maximum Gasteiger partial charge on any atom is 0.337 e. The van der Waals surface area contributed by atoms with Crippen molar-refractivity contribution in [2.24, 2.45) is 0 Å². The van der Waals surface area contributed by atoms with Gasteiger partial charge >= 0.3 is 5.97 Å². The Labute approximate surface area is 168 Å². The summed E-state index contributed by atoms with van der Waals surface area (Å²) in [7, 11) is 2.90. The molecule has 0 aliphatic heterocycles. The van der Waals surface area contributed by atoms with Gasteiger partial charge in [-0.1, -0.05) is 23.1 Å². The zero-order chi connectivity index (χ0) is 19.6. The normalized spacial score (nSPS) is 10.9. The molecule has 0 fully saturated rings. The highest BCUT2D eigenvalue weighted by Gasteiger charge is 2.14. The molecule has 0 saturated heterocycles. The number of hydrogen-bond donors (Lipinski definition) is 1. The molecule has 2 heterocycles. The first-order valence-electron chi connectivity index (χ1n) is 8.00. The number of ether oxygens (including phenoxy) is 2. The van der Waals surface area contributed by atoms with Crippen LogP contribution in [0, 0.1) is 3.95 Å². The Hall–Kier alpha value is -2.17. The number of esters is 1. The van der Waals surface area contributed by atoms with Crippen LogP contribution in [0.25, 0.3) is 10.3 Å². The smallest absolute Gasteiger partial charge is 0.337 e. The summed E-state index contributed by atoms with van der Waals surface area (Å²) in [5.74, 6) is 0.682. The SMILES string of the molecule is CCn1c(=S)sc2c(=O)[nH]c(SCc3cc(C(=O)OC)ccc3OC)nc21. The van der Waals surface area contributed by atoms with Crippen molar-refractivity contribution in [2.75, 3.05) is 14.2 Å². The van der Waals surface area contributed by atoms with E-state index in [1.165, 1.54) is 30.2 Å². The van der Waals surface area contributed by atoms with E-state index < -0.39 is 5.97 Å². The molecule has 0 atom stereocenters. The first-order chi connectivity index (χ1) is 13.0. The number of fused-ring (bicyclic) bond motifs is 1. The highest BCUT2D eigenvalue weighted by atomic mass is 32.2. The Kier molecular flexibility index (Phi) is 5.98. The third-order valence-electron chi connectivity index (χ3n) is 3.88. The van der Waals surface area contributed by atoms with Crippen molar-refractivity contribution in [3.8, 4) is 5.75 Å². The van der Waals surface area contributed by atoms with Crippen LogP contribution < -0.4 is 10.3 Å². The van der Waals surface area contributed by atoms with Gasteiger partial charge in [-0.3, -0.25) is 4.79 Å². The predicted molar refractivity (Wildman–Crippen MR) is 109 cm³/mol. The van der Waals surface area contributed by atoms with Crippen LogP contribution in [0.2, 0.25) is 0 Å². The van der Waals surface area contributed by atoms with Crippen molar-refractivity contribution in [3.63, 3.8) is 0 Å². The van der Waals surface area contributed by atoms with Crippen LogP contribution in [-0.2, 0) is 17.0 Å². The van der Waals surface area contributed by atoms with Crippen LogP contribution in [0.5, 0.6) is 5.75 Å². The van der Waals surface area contributed by atoms with E-state index in [4.69, 9.17) is 21.7 Å². The van der Waals surface area contributed by atoms with E-state index in [2.05, 4.69) is 9.97 Å². The summed E-state index contributed by atoms with van der Waals surface area (Å²) in [6.07, 6.45) is 0. The number of carbonyl (C=O) groups excluding carboxylic acids is 1. The van der Waals surface area contributed by atoms with E-state index >= 15 is 0 Å². The molecular formula is C17H17N3O4S3. The van der Waals surface area contributed by atoms with Gasteiger partial charge in [0.25, 0.3) is 5.56 Å². The minimum Gasteiger partial charge on any atom is -0.496 e. The van der Waals surface area contributed by atoms with Crippen molar-refractivity contribution < 1.29 is 14.3 Å². The van der Waals surface area contributed by atoms with E-state index in [0.29, 0.717) is 43.1 Å². The Morgan fingerprint density at radius 3 is 2.85 bits per heavy atom. The summed E-state index contributed by atoms with van der Waals surface area (Å²) in [5, 5.41) is 0.480. The van der Waals surface area contributed by atoms with Crippen molar-refractivity contribution >= 4 is 51.6 Å². The molecule has 0 unspecified atom stereocenters. The lowest BCUT2D eigenvalue weighted by atomic mass is 10.1. The van der Waals surface area contributed by atoms with Crippen LogP contribution in [-0.4, -0.2) is 34.7 Å². The molecule has 0 amide bonds. The van der Waals surface area contributed by atoms with Gasteiger partial charge in [0.05, 0.1) is 19.8 Å². The molecule has 3 rings (SSSR count). The van der Waals surface area contributed by atoms with Crippen LogP contribution in [0.15, 0.2) is 28.2 Å². The van der Waals surface area contributed by atoms with Gasteiger partial charge in [0.2, 0.25) is 0 Å². The molecule has 7 nitrogen and oxygen atoms in total. The Bertz CT molecular complexity index is 1120. The Balaban J connectivity index is 1.94. The first-order valence-corrected chi connectivity index (χ1v) is 10.2. The maximum atomic E-state index is 12.4. The van der Waals surface area contributed by atoms with Crippen LogP contribution in [0.1, 0.15) is 22.8 Å². The number of benzene rings is 1. The molecule has 0 aliphatic rings. The molecule has 10 heteroatoms. The minimum atomic E-state index is -0.419. The second-order valence-corrected chi connectivity index (χ2v) is 8.05. The zero-order valence-electron chi connectivity index (χ0n) is 14.9. The number of methoxy groups -OCH3 is 2.